The Labute approximate surface area is 178 Å². The van der Waals surface area contributed by atoms with Gasteiger partial charge in [-0.1, -0.05) is 43.7 Å². The molecule has 0 spiro atoms. The number of methoxy groups -OCH3 is 2. The molecule has 2 rings (SSSR count). The number of carbonyl (C=O) groups is 1. The summed E-state index contributed by atoms with van der Waals surface area (Å²) in [6.45, 7) is 3.94. The van der Waals surface area contributed by atoms with E-state index in [1.807, 2.05) is 44.2 Å². The number of sulfonamides is 1. The standard InChI is InChI=1S/C22H30N2O5S/c1-5-9-16(2)23-22(25)19(14-17-10-7-6-8-11-17)24-30(26,27)18-12-13-20(28-3)21(15-18)29-4/h6-8,10-13,15-16,19,24H,5,9,14H2,1-4H3,(H,23,25)/t16-,19-/m1/s1. The van der Waals surface area contributed by atoms with Gasteiger partial charge < -0.3 is 14.8 Å². The number of hydrogen-bond acceptors (Lipinski definition) is 5. The van der Waals surface area contributed by atoms with Crippen LogP contribution in [0.4, 0.5) is 0 Å². The van der Waals surface area contributed by atoms with Crippen molar-refractivity contribution in [2.24, 2.45) is 0 Å². The minimum Gasteiger partial charge on any atom is -0.493 e. The Bertz CT molecular complexity index is 932. The molecule has 1 amide bonds. The van der Waals surface area contributed by atoms with Crippen molar-refractivity contribution in [1.29, 1.82) is 0 Å². The maximum absolute atomic E-state index is 13.0. The summed E-state index contributed by atoms with van der Waals surface area (Å²) in [5, 5.41) is 2.91. The van der Waals surface area contributed by atoms with Crippen LogP contribution >= 0.6 is 0 Å². The first kappa shape index (κ1) is 23.7. The van der Waals surface area contributed by atoms with Crippen LogP contribution < -0.4 is 19.5 Å². The quantitative estimate of drug-likeness (QED) is 0.567. The van der Waals surface area contributed by atoms with Crippen LogP contribution in [0.5, 0.6) is 11.5 Å². The van der Waals surface area contributed by atoms with Crippen LogP contribution in [0.3, 0.4) is 0 Å². The average Bonchev–Trinajstić information content (AvgIpc) is 2.73. The lowest BCUT2D eigenvalue weighted by atomic mass is 10.1. The van der Waals surface area contributed by atoms with Crippen molar-refractivity contribution in [3.63, 3.8) is 0 Å². The van der Waals surface area contributed by atoms with Gasteiger partial charge in [-0.15, -0.1) is 0 Å². The first-order valence-electron chi connectivity index (χ1n) is 9.89. The molecule has 164 valence electrons. The number of nitrogens with one attached hydrogen (secondary N) is 2. The Balaban J connectivity index is 2.30. The number of benzene rings is 2. The largest absolute Gasteiger partial charge is 0.493 e. The molecule has 0 heterocycles. The van der Waals surface area contributed by atoms with E-state index in [1.165, 1.54) is 32.4 Å². The summed E-state index contributed by atoms with van der Waals surface area (Å²) in [5.41, 5.74) is 0.857. The van der Waals surface area contributed by atoms with Crippen molar-refractivity contribution in [3.05, 3.63) is 54.1 Å². The van der Waals surface area contributed by atoms with Crippen molar-refractivity contribution in [3.8, 4) is 11.5 Å². The normalized spacial score (nSPS) is 13.3. The second-order valence-electron chi connectivity index (χ2n) is 7.08. The number of ether oxygens (including phenoxy) is 2. The van der Waals surface area contributed by atoms with E-state index in [2.05, 4.69) is 10.0 Å². The van der Waals surface area contributed by atoms with Crippen LogP contribution in [0, 0.1) is 0 Å². The fourth-order valence-electron chi connectivity index (χ4n) is 3.13. The van der Waals surface area contributed by atoms with E-state index in [0.717, 1.165) is 18.4 Å². The summed E-state index contributed by atoms with van der Waals surface area (Å²) in [7, 11) is -1.07. The summed E-state index contributed by atoms with van der Waals surface area (Å²) in [6, 6.07) is 12.6. The topological polar surface area (TPSA) is 93.7 Å². The molecule has 2 aromatic rings. The summed E-state index contributed by atoms with van der Waals surface area (Å²) in [5.74, 6) is 0.355. The van der Waals surface area contributed by atoms with Crippen molar-refractivity contribution in [2.75, 3.05) is 14.2 Å². The molecule has 0 aliphatic rings. The van der Waals surface area contributed by atoms with Crippen LogP contribution in [-0.2, 0) is 21.2 Å². The molecule has 8 heteroatoms. The molecule has 7 nitrogen and oxygen atoms in total. The Morgan fingerprint density at radius 3 is 2.30 bits per heavy atom. The molecule has 0 unspecified atom stereocenters. The average molecular weight is 435 g/mol. The monoisotopic (exact) mass is 434 g/mol. The molecule has 0 bridgehead atoms. The highest BCUT2D eigenvalue weighted by atomic mass is 32.2. The van der Waals surface area contributed by atoms with E-state index in [4.69, 9.17) is 9.47 Å². The van der Waals surface area contributed by atoms with E-state index < -0.39 is 16.1 Å². The molecular formula is C22H30N2O5S. The molecule has 2 aromatic carbocycles. The van der Waals surface area contributed by atoms with Crippen LogP contribution in [0.25, 0.3) is 0 Å². The fraction of sp³-hybridized carbons (Fsp3) is 0.409. The maximum atomic E-state index is 13.0. The van der Waals surface area contributed by atoms with Gasteiger partial charge in [-0.25, -0.2) is 8.42 Å². The molecule has 30 heavy (non-hydrogen) atoms. The van der Waals surface area contributed by atoms with Gasteiger partial charge in [0.05, 0.1) is 19.1 Å². The Hall–Kier alpha value is -2.58. The summed E-state index contributed by atoms with van der Waals surface area (Å²) < 4.78 is 39.0. The van der Waals surface area contributed by atoms with Gasteiger partial charge in [0.15, 0.2) is 11.5 Å². The summed E-state index contributed by atoms with van der Waals surface area (Å²) in [4.78, 5) is 12.9. The molecule has 2 atom stereocenters. The Morgan fingerprint density at radius 2 is 1.70 bits per heavy atom. The zero-order valence-corrected chi connectivity index (χ0v) is 18.7. The molecule has 0 fully saturated rings. The smallest absolute Gasteiger partial charge is 0.241 e. The van der Waals surface area contributed by atoms with Crippen molar-refractivity contribution in [1.82, 2.24) is 10.0 Å². The molecule has 0 saturated heterocycles. The number of rotatable bonds is 11. The fourth-order valence-corrected chi connectivity index (χ4v) is 4.34. The second-order valence-corrected chi connectivity index (χ2v) is 8.79. The molecule has 0 aromatic heterocycles. The predicted molar refractivity (Wildman–Crippen MR) is 116 cm³/mol. The van der Waals surface area contributed by atoms with Gasteiger partial charge in [-0.05, 0) is 37.5 Å². The highest BCUT2D eigenvalue weighted by Crippen LogP contribution is 2.29. The van der Waals surface area contributed by atoms with Crippen LogP contribution in [0.15, 0.2) is 53.4 Å². The molecule has 0 radical (unpaired) electrons. The Kier molecular flexibility index (Phi) is 8.68. The number of amides is 1. The van der Waals surface area contributed by atoms with Gasteiger partial charge in [-0.3, -0.25) is 4.79 Å². The second kappa shape index (κ2) is 11.0. The van der Waals surface area contributed by atoms with Gasteiger partial charge in [0, 0.05) is 12.1 Å². The predicted octanol–water partition coefficient (Wildman–Crippen LogP) is 2.90. The molecule has 0 aliphatic heterocycles. The van der Waals surface area contributed by atoms with Gasteiger partial charge in [0.2, 0.25) is 15.9 Å². The van der Waals surface area contributed by atoms with E-state index in [1.54, 1.807) is 0 Å². The number of carbonyl (C=O) groups excluding carboxylic acids is 1. The highest BCUT2D eigenvalue weighted by molar-refractivity contribution is 7.89. The number of hydrogen-bond donors (Lipinski definition) is 2. The highest BCUT2D eigenvalue weighted by Gasteiger charge is 2.27. The van der Waals surface area contributed by atoms with Gasteiger partial charge >= 0.3 is 0 Å². The molecule has 0 aliphatic carbocycles. The van der Waals surface area contributed by atoms with E-state index in [-0.39, 0.29) is 23.3 Å². The zero-order chi connectivity index (χ0) is 22.1. The lowest BCUT2D eigenvalue weighted by molar-refractivity contribution is -0.123. The molecule has 0 saturated carbocycles. The SMILES string of the molecule is CCC[C@@H](C)NC(=O)[C@@H](Cc1ccccc1)NS(=O)(=O)c1ccc(OC)c(OC)c1. The molecular weight excluding hydrogens is 404 g/mol. The van der Waals surface area contributed by atoms with E-state index >= 15 is 0 Å². The summed E-state index contributed by atoms with van der Waals surface area (Å²) >= 11 is 0. The lowest BCUT2D eigenvalue weighted by Crippen LogP contribution is -2.50. The first-order valence-corrected chi connectivity index (χ1v) is 11.4. The summed E-state index contributed by atoms with van der Waals surface area (Å²) in [6.07, 6.45) is 1.96. The van der Waals surface area contributed by atoms with Gasteiger partial charge in [0.1, 0.15) is 6.04 Å². The zero-order valence-electron chi connectivity index (χ0n) is 17.8. The Morgan fingerprint density at radius 1 is 1.03 bits per heavy atom. The lowest BCUT2D eigenvalue weighted by Gasteiger charge is -2.21. The van der Waals surface area contributed by atoms with Gasteiger partial charge in [0.25, 0.3) is 0 Å². The van der Waals surface area contributed by atoms with Crippen molar-refractivity contribution >= 4 is 15.9 Å². The molecule has 2 N–H and O–H groups in total. The maximum Gasteiger partial charge on any atom is 0.241 e. The first-order chi connectivity index (χ1) is 14.3. The van der Waals surface area contributed by atoms with Crippen molar-refractivity contribution in [2.45, 2.75) is 50.1 Å². The van der Waals surface area contributed by atoms with Crippen LogP contribution in [0.1, 0.15) is 32.3 Å². The van der Waals surface area contributed by atoms with Crippen molar-refractivity contribution < 1.29 is 22.7 Å². The van der Waals surface area contributed by atoms with Gasteiger partial charge in [-0.2, -0.15) is 4.72 Å². The third-order valence-electron chi connectivity index (χ3n) is 4.67. The minimum atomic E-state index is -3.98. The third kappa shape index (κ3) is 6.47. The third-order valence-corrected chi connectivity index (χ3v) is 6.14. The van der Waals surface area contributed by atoms with Crippen LogP contribution in [-0.4, -0.2) is 40.6 Å². The van der Waals surface area contributed by atoms with Crippen LogP contribution in [0.2, 0.25) is 0 Å². The van der Waals surface area contributed by atoms with E-state index in [9.17, 15) is 13.2 Å². The minimum absolute atomic E-state index is 0.00683. The van der Waals surface area contributed by atoms with E-state index in [0.29, 0.717) is 11.5 Å².